The standard InChI is InChI=1S/C24H19F2N7O2S/c1-32-12-20(29-31-32)14-2-5-21-19(8-14)27-13-33(21)23-10-15(17-4-3-16(25)11-18(17)26)9-22(28-23)24(6-7-24)30-36(34)35/h2-5,8-13,36H,6-7H2,1H3,(H,30,34,35). The molecule has 3 heterocycles. The maximum absolute atomic E-state index is 14.7. The largest absolute Gasteiger partial charge is 0.283 e. The molecule has 1 aliphatic carbocycles. The summed E-state index contributed by atoms with van der Waals surface area (Å²) in [5, 5.41) is 8.10. The van der Waals surface area contributed by atoms with Crippen LogP contribution in [0.25, 0.3) is 39.2 Å². The molecule has 5 aromatic rings. The highest BCUT2D eigenvalue weighted by molar-refractivity contribution is 7.70. The van der Waals surface area contributed by atoms with Crippen LogP contribution in [0, 0.1) is 11.6 Å². The van der Waals surface area contributed by atoms with Crippen LogP contribution in [0.1, 0.15) is 18.5 Å². The number of aromatic nitrogens is 6. The maximum atomic E-state index is 14.7. The molecule has 1 N–H and O–H groups in total. The van der Waals surface area contributed by atoms with E-state index in [9.17, 15) is 17.2 Å². The summed E-state index contributed by atoms with van der Waals surface area (Å²) in [7, 11) is -1.09. The second-order valence-corrected chi connectivity index (χ2v) is 9.51. The van der Waals surface area contributed by atoms with E-state index in [1.165, 1.54) is 12.1 Å². The molecule has 1 aliphatic rings. The van der Waals surface area contributed by atoms with E-state index in [4.69, 9.17) is 4.98 Å². The average molecular weight is 508 g/mol. The zero-order valence-electron chi connectivity index (χ0n) is 18.9. The molecule has 0 aliphatic heterocycles. The molecule has 182 valence electrons. The van der Waals surface area contributed by atoms with Gasteiger partial charge in [0.25, 0.3) is 0 Å². The summed E-state index contributed by atoms with van der Waals surface area (Å²) >= 11 is 0. The van der Waals surface area contributed by atoms with Crippen LogP contribution in [0.5, 0.6) is 0 Å². The number of fused-ring (bicyclic) bond motifs is 1. The predicted molar refractivity (Wildman–Crippen MR) is 129 cm³/mol. The lowest BCUT2D eigenvalue weighted by Crippen LogP contribution is -2.28. The zero-order valence-corrected chi connectivity index (χ0v) is 19.8. The van der Waals surface area contributed by atoms with E-state index >= 15 is 0 Å². The average Bonchev–Trinajstić information content (AvgIpc) is 3.28. The summed E-state index contributed by atoms with van der Waals surface area (Å²) in [6, 6.07) is 12.3. The van der Waals surface area contributed by atoms with E-state index in [0.717, 1.165) is 17.1 Å². The third kappa shape index (κ3) is 3.93. The fourth-order valence-corrected chi connectivity index (χ4v) is 5.01. The Morgan fingerprint density at radius 2 is 1.86 bits per heavy atom. The van der Waals surface area contributed by atoms with Crippen LogP contribution in [-0.2, 0) is 23.5 Å². The Kier molecular flexibility index (Phi) is 5.16. The molecule has 1 saturated carbocycles. The molecule has 9 nitrogen and oxygen atoms in total. The summed E-state index contributed by atoms with van der Waals surface area (Å²) in [5.74, 6) is -0.987. The van der Waals surface area contributed by atoms with Crippen LogP contribution in [0.3, 0.4) is 0 Å². The van der Waals surface area contributed by atoms with Crippen molar-refractivity contribution in [2.45, 2.75) is 18.4 Å². The minimum absolute atomic E-state index is 0.179. The number of pyridine rings is 1. The molecular formula is C24H19F2N7O2S. The Morgan fingerprint density at radius 3 is 2.56 bits per heavy atom. The lowest BCUT2D eigenvalue weighted by Gasteiger charge is -2.17. The van der Waals surface area contributed by atoms with Crippen LogP contribution >= 0.6 is 0 Å². The molecule has 0 saturated heterocycles. The first-order valence-electron chi connectivity index (χ1n) is 11.1. The van der Waals surface area contributed by atoms with Crippen molar-refractivity contribution in [2.75, 3.05) is 0 Å². The molecule has 0 unspecified atom stereocenters. The van der Waals surface area contributed by atoms with Crippen LogP contribution in [0.15, 0.2) is 61.1 Å². The van der Waals surface area contributed by atoms with Gasteiger partial charge in [-0.05, 0) is 54.8 Å². The molecule has 3 aromatic heterocycles. The van der Waals surface area contributed by atoms with Crippen LogP contribution in [-0.4, -0.2) is 37.9 Å². The van der Waals surface area contributed by atoms with Crippen molar-refractivity contribution in [3.63, 3.8) is 0 Å². The first kappa shape index (κ1) is 22.4. The van der Waals surface area contributed by atoms with Crippen LogP contribution in [0.2, 0.25) is 0 Å². The number of nitrogens with one attached hydrogen (secondary N) is 1. The number of rotatable bonds is 6. The number of aryl methyl sites for hydroxylation is 1. The van der Waals surface area contributed by atoms with Gasteiger partial charge in [0.05, 0.1) is 28.5 Å². The van der Waals surface area contributed by atoms with Gasteiger partial charge in [-0.3, -0.25) is 9.25 Å². The van der Waals surface area contributed by atoms with Gasteiger partial charge < -0.3 is 0 Å². The molecule has 0 spiro atoms. The Hall–Kier alpha value is -4.03. The van der Waals surface area contributed by atoms with Crippen LogP contribution in [0.4, 0.5) is 8.78 Å². The van der Waals surface area contributed by atoms with Crippen molar-refractivity contribution in [3.8, 4) is 28.2 Å². The second kappa shape index (κ2) is 8.28. The van der Waals surface area contributed by atoms with Gasteiger partial charge in [-0.1, -0.05) is 11.3 Å². The third-order valence-corrected chi connectivity index (χ3v) is 6.90. The second-order valence-electron chi connectivity index (χ2n) is 8.77. The van der Waals surface area contributed by atoms with Gasteiger partial charge in [0.2, 0.25) is 10.9 Å². The van der Waals surface area contributed by atoms with Crippen molar-refractivity contribution in [1.82, 2.24) is 34.3 Å². The third-order valence-electron chi connectivity index (χ3n) is 6.29. The van der Waals surface area contributed by atoms with Gasteiger partial charge in [0.15, 0.2) is 0 Å². The van der Waals surface area contributed by atoms with Gasteiger partial charge in [0.1, 0.15) is 29.5 Å². The number of hydrogen-bond donors (Lipinski definition) is 2. The number of hydrogen-bond acceptors (Lipinski definition) is 6. The van der Waals surface area contributed by atoms with Crippen molar-refractivity contribution < 1.29 is 17.2 Å². The minimum Gasteiger partial charge on any atom is -0.283 e. The topological polar surface area (TPSA) is 108 Å². The fraction of sp³-hybridized carbons (Fsp3) is 0.167. The van der Waals surface area contributed by atoms with Crippen molar-refractivity contribution >= 4 is 21.9 Å². The number of thiol groups is 1. The smallest absolute Gasteiger partial charge is 0.202 e. The lowest BCUT2D eigenvalue weighted by molar-refractivity contribution is 0.564. The fourth-order valence-electron chi connectivity index (χ4n) is 4.32. The van der Waals surface area contributed by atoms with Crippen LogP contribution < -0.4 is 4.72 Å². The molecule has 0 amide bonds. The van der Waals surface area contributed by atoms with E-state index < -0.39 is 28.1 Å². The van der Waals surface area contributed by atoms with Crippen molar-refractivity contribution in [2.24, 2.45) is 7.05 Å². The SMILES string of the molecule is Cn1cc(-c2ccc3c(c2)ncn3-c2cc(-c3ccc(F)cc3F)cc(C3(N[SH](=O)=O)CC3)n2)nn1. The highest BCUT2D eigenvalue weighted by atomic mass is 32.2. The van der Waals surface area contributed by atoms with Crippen molar-refractivity contribution in [3.05, 3.63) is 78.4 Å². The molecule has 0 bridgehead atoms. The molecule has 0 atom stereocenters. The maximum Gasteiger partial charge on any atom is 0.202 e. The van der Waals surface area contributed by atoms with E-state index in [1.807, 2.05) is 18.2 Å². The summed E-state index contributed by atoms with van der Waals surface area (Å²) in [5.41, 5.74) is 3.20. The highest BCUT2D eigenvalue weighted by Gasteiger charge is 2.47. The Morgan fingerprint density at radius 1 is 1.03 bits per heavy atom. The van der Waals surface area contributed by atoms with E-state index in [2.05, 4.69) is 20.0 Å². The van der Waals surface area contributed by atoms with Crippen molar-refractivity contribution in [1.29, 1.82) is 0 Å². The quantitative estimate of drug-likeness (QED) is 0.342. The summed E-state index contributed by atoms with van der Waals surface area (Å²) in [6.07, 6.45) is 4.52. The number of benzene rings is 2. The van der Waals surface area contributed by atoms with E-state index in [0.29, 0.717) is 41.1 Å². The number of nitrogens with zero attached hydrogens (tertiary/aromatic N) is 6. The van der Waals surface area contributed by atoms with Gasteiger partial charge in [-0.2, -0.15) is 0 Å². The molecule has 6 rings (SSSR count). The number of halogens is 2. The Balaban J connectivity index is 1.51. The minimum atomic E-state index is -2.88. The molecule has 12 heteroatoms. The highest BCUT2D eigenvalue weighted by Crippen LogP contribution is 2.46. The van der Waals surface area contributed by atoms with Gasteiger partial charge in [0, 0.05) is 24.2 Å². The number of imidazole rings is 1. The monoisotopic (exact) mass is 507 g/mol. The first-order valence-corrected chi connectivity index (χ1v) is 12.2. The molecule has 36 heavy (non-hydrogen) atoms. The van der Waals surface area contributed by atoms with E-state index in [1.54, 1.807) is 41.0 Å². The Labute approximate surface area is 205 Å². The Bertz CT molecular complexity index is 1720. The van der Waals surface area contributed by atoms with E-state index in [-0.39, 0.29) is 5.56 Å². The normalized spacial score (nSPS) is 14.6. The lowest BCUT2D eigenvalue weighted by atomic mass is 10.0. The van der Waals surface area contributed by atoms with Gasteiger partial charge in [-0.15, -0.1) is 5.10 Å². The first-order chi connectivity index (χ1) is 17.3. The molecule has 0 radical (unpaired) electrons. The van der Waals surface area contributed by atoms with Gasteiger partial charge in [-0.25, -0.2) is 31.9 Å². The molecular weight excluding hydrogens is 488 g/mol. The molecule has 2 aromatic carbocycles. The molecule has 1 fully saturated rings. The summed E-state index contributed by atoms with van der Waals surface area (Å²) in [6.45, 7) is 0. The van der Waals surface area contributed by atoms with Gasteiger partial charge >= 0.3 is 0 Å². The zero-order chi connectivity index (χ0) is 25.0. The summed E-state index contributed by atoms with van der Waals surface area (Å²) in [4.78, 5) is 9.25. The predicted octanol–water partition coefficient (Wildman–Crippen LogP) is 3.27. The summed E-state index contributed by atoms with van der Waals surface area (Å²) < 4.78 is 57.2.